The maximum Gasteiger partial charge on any atom is 0.407 e. The molecule has 10 aromatic rings. The monoisotopic (exact) mass is 1860 g/mol. The molecule has 5 N–H and O–H groups in total. The summed E-state index contributed by atoms with van der Waals surface area (Å²) < 4.78 is 51.3. The lowest BCUT2D eigenvalue weighted by Gasteiger charge is -2.34. The van der Waals surface area contributed by atoms with Gasteiger partial charge in [0.1, 0.15) is 35.2 Å². The molecule has 4 aliphatic carbocycles. The van der Waals surface area contributed by atoms with E-state index in [1.807, 2.05) is 18.7 Å². The molecule has 7 aliphatic heterocycles. The quantitative estimate of drug-likeness (QED) is 0.0375. The molecule has 35 heteroatoms. The van der Waals surface area contributed by atoms with E-state index in [2.05, 4.69) is 155 Å². The molecule has 21 rings (SSSR count). The summed E-state index contributed by atoms with van der Waals surface area (Å²) in [6.45, 7) is 18.4. The van der Waals surface area contributed by atoms with Gasteiger partial charge in [-0.3, -0.25) is 44.3 Å². The summed E-state index contributed by atoms with van der Waals surface area (Å²) in [5.74, 6) is 3.73. The van der Waals surface area contributed by atoms with Gasteiger partial charge in [-0.25, -0.2) is 34.7 Å². The second-order valence-corrected chi connectivity index (χ2v) is 38.0. The molecule has 3 unspecified atom stereocenters. The Hall–Kier alpha value is -11.8. The third-order valence-electron chi connectivity index (χ3n) is 27.9. The van der Waals surface area contributed by atoms with Gasteiger partial charge in [0, 0.05) is 218 Å². The van der Waals surface area contributed by atoms with Crippen LogP contribution in [0.3, 0.4) is 0 Å². The van der Waals surface area contributed by atoms with E-state index in [0.29, 0.717) is 60.3 Å². The molecular weight excluding hydrogens is 1730 g/mol. The number of morpholine rings is 4. The number of amides is 4. The zero-order valence-electron chi connectivity index (χ0n) is 78.6. The zero-order valence-corrected chi connectivity index (χ0v) is 78.6. The summed E-state index contributed by atoms with van der Waals surface area (Å²) in [6, 6.07) is 18.4. The molecule has 4 aromatic carbocycles. The number of ether oxygens (including phenoxy) is 9. The number of likely N-dealkylation sites (tertiary alicyclic amines) is 1. The molecule has 136 heavy (non-hydrogen) atoms. The Morgan fingerprint density at radius 2 is 0.809 bits per heavy atom. The first-order chi connectivity index (χ1) is 66.7. The lowest BCUT2D eigenvalue weighted by Crippen LogP contribution is -2.42. The van der Waals surface area contributed by atoms with Crippen molar-refractivity contribution in [3.05, 3.63) is 145 Å². The number of nitrogens with zero attached hydrogens (tertiary/aromatic N) is 17. The van der Waals surface area contributed by atoms with Gasteiger partial charge in [-0.2, -0.15) is 0 Å². The van der Waals surface area contributed by atoms with Crippen LogP contribution in [0.25, 0.3) is 44.1 Å². The molecule has 11 aliphatic rings. The minimum Gasteiger partial charge on any atom is -0.488 e. The first-order valence-corrected chi connectivity index (χ1v) is 49.5. The van der Waals surface area contributed by atoms with Crippen LogP contribution in [0.15, 0.2) is 123 Å². The highest BCUT2D eigenvalue weighted by Crippen LogP contribution is 2.40. The van der Waals surface area contributed by atoms with Crippen LogP contribution < -0.4 is 55.7 Å². The number of carbonyl (C=O) groups is 4. The number of rotatable bonds is 24. The van der Waals surface area contributed by atoms with Crippen LogP contribution in [0.5, 0.6) is 11.5 Å². The largest absolute Gasteiger partial charge is 0.488 e. The predicted octanol–water partition coefficient (Wildman–Crippen LogP) is 12.4. The van der Waals surface area contributed by atoms with Crippen molar-refractivity contribution in [2.75, 3.05) is 162 Å². The number of anilines is 6. The average molecular weight is 1860 g/mol. The van der Waals surface area contributed by atoms with E-state index in [1.54, 1.807) is 81.5 Å². The van der Waals surface area contributed by atoms with Crippen LogP contribution >= 0.6 is 0 Å². The van der Waals surface area contributed by atoms with Crippen molar-refractivity contribution in [3.8, 4) is 11.5 Å². The van der Waals surface area contributed by atoms with E-state index in [4.69, 9.17) is 42.6 Å². The van der Waals surface area contributed by atoms with E-state index in [9.17, 15) is 19.2 Å². The third kappa shape index (κ3) is 25.3. The topological polar surface area (TPSA) is 382 Å². The molecule has 6 aromatic heterocycles. The Labute approximate surface area is 794 Å². The van der Waals surface area contributed by atoms with E-state index in [0.717, 1.165) is 307 Å². The number of nitrogens with one attached hydrogen (secondary N) is 5. The number of hydrogen-bond acceptors (Lipinski definition) is 31. The molecule has 7 saturated heterocycles. The van der Waals surface area contributed by atoms with E-state index >= 15 is 0 Å². The van der Waals surface area contributed by atoms with E-state index in [1.165, 1.54) is 35.3 Å². The first kappa shape index (κ1) is 94.6. The Morgan fingerprint density at radius 1 is 0.404 bits per heavy atom. The predicted molar refractivity (Wildman–Crippen MR) is 518 cm³/mol. The smallest absolute Gasteiger partial charge is 0.407 e. The van der Waals surface area contributed by atoms with Crippen LogP contribution in [-0.2, 0) is 50.8 Å². The molecule has 13 heterocycles. The van der Waals surface area contributed by atoms with Crippen LogP contribution in [0.1, 0.15) is 181 Å². The maximum atomic E-state index is 12.5. The van der Waals surface area contributed by atoms with Gasteiger partial charge in [-0.1, -0.05) is 0 Å². The summed E-state index contributed by atoms with van der Waals surface area (Å²) in [6.07, 6.45) is 44.1. The standard InChI is InChI=1S/C27H33N7O3.C26H33N7O3.C26H34N4O4.C22H30N4O3/c35-26(34-9-1-2-10-34)19-17-30-27(31-18-19)32-20-3-5-22(6-4-20)37-24-16-21(33-11-13-36-14-12-33)15-23-25(24)29-8-7-28-23;1-17(2)31-25(34)18-15-29-26(30-16-18)32-19-3-5-21(6-4-19)36-23-14-20(33-9-11-35-12-10-33)13-22-24(23)28-8-7-27-22;31-26(34-23-7-10-32-16-23)29-19-3-1-17(2-4-19)11-18-12-20(13-24-25(18)28-9-8-27-24)30-14-21-5-6-22(15-30)33-21;1-28-15-21(27)25-18-4-2-16(3-5-18)12-17-13-19(26-8-10-29-11-9-26)14-20-22(17)24-7-6-23-20/h7-8,15-18,20,22H,1-6,9-14H2,(H,30,31,32);7-8,13-17,19,21H,3-6,9-12H2,1-2H3,(H,31,34)(H,29,30,32);8-9,12-13,17,19,21-23H,1-7,10-11,14-16H2,(H,29,31);6-7,13-14,16,18H,2-5,8-12,15H2,1H3,(H,25,27). The zero-order chi connectivity index (χ0) is 92.9. The fourth-order valence-corrected chi connectivity index (χ4v) is 20.7. The number of methoxy groups -OCH3 is 1. The molecule has 722 valence electrons. The molecule has 4 saturated carbocycles. The highest BCUT2D eigenvalue weighted by Gasteiger charge is 2.37. The first-order valence-electron chi connectivity index (χ1n) is 49.5. The van der Waals surface area contributed by atoms with Crippen molar-refractivity contribution in [2.24, 2.45) is 11.8 Å². The minimum absolute atomic E-state index is 0.0181. The average Bonchev–Trinajstić information content (AvgIpc) is 1.30. The second-order valence-electron chi connectivity index (χ2n) is 38.0. The number of fused-ring (bicyclic) bond motifs is 6. The summed E-state index contributed by atoms with van der Waals surface area (Å²) in [4.78, 5) is 114. The molecule has 4 amide bonds. The Morgan fingerprint density at radius 3 is 1.24 bits per heavy atom. The van der Waals surface area contributed by atoms with Crippen LogP contribution in [0.2, 0.25) is 0 Å². The third-order valence-corrected chi connectivity index (χ3v) is 27.9. The van der Waals surface area contributed by atoms with Gasteiger partial charge in [0.2, 0.25) is 17.8 Å². The SMILES string of the molecule is CC(C)NC(=O)c1cnc(NC2CCC(Oc3cc(N4CCOCC4)cc4nccnc34)CC2)nc1.COCC(=O)NC1CCC(Cc2cc(N3CCOCC3)cc3nccnc23)CC1.O=C(NC1CCC(Cc2cc(N3CC4CCC(C3)O4)cc3nccnc23)CC1)OC1CCOC1.O=C(c1cnc(NC2CCC(Oc3cc(N4CCOCC4)cc4nccnc34)CC2)nc1)N1CCCC1. The summed E-state index contributed by atoms with van der Waals surface area (Å²) >= 11 is 0. The van der Waals surface area contributed by atoms with Gasteiger partial charge >= 0.3 is 6.09 Å². The van der Waals surface area contributed by atoms with E-state index in [-0.39, 0.29) is 78.9 Å². The molecule has 0 spiro atoms. The molecule has 0 radical (unpaired) electrons. The maximum absolute atomic E-state index is 12.5. The Balaban J connectivity index is 0.000000121. The fourth-order valence-electron chi connectivity index (χ4n) is 20.7. The van der Waals surface area contributed by atoms with Gasteiger partial charge in [0.05, 0.1) is 121 Å². The van der Waals surface area contributed by atoms with Crippen molar-refractivity contribution in [3.63, 3.8) is 0 Å². The molecule has 3 atom stereocenters. The van der Waals surface area contributed by atoms with E-state index < -0.39 is 0 Å². The van der Waals surface area contributed by atoms with Crippen molar-refractivity contribution >= 4 is 103 Å². The Bertz CT molecular complexity index is 5590. The van der Waals surface area contributed by atoms with Crippen LogP contribution in [0.4, 0.5) is 39.4 Å². The number of hydrogen-bond donors (Lipinski definition) is 5. The van der Waals surface area contributed by atoms with Crippen molar-refractivity contribution in [1.82, 2.24) is 80.7 Å². The van der Waals surface area contributed by atoms with Gasteiger partial charge in [-0.15, -0.1) is 0 Å². The number of carbonyl (C=O) groups excluding carboxylic acids is 4. The van der Waals surface area contributed by atoms with Gasteiger partial charge in [0.15, 0.2) is 0 Å². The van der Waals surface area contributed by atoms with Crippen LogP contribution in [0, 0.1) is 11.8 Å². The summed E-state index contributed by atoms with van der Waals surface area (Å²) in [7, 11) is 1.55. The fraction of sp³-hybridized carbons (Fsp3) is 0.564. The van der Waals surface area contributed by atoms with Gasteiger partial charge in [-0.05, 0) is 214 Å². The molecule has 35 nitrogen and oxygen atoms in total. The number of aromatic nitrogens is 12. The summed E-state index contributed by atoms with van der Waals surface area (Å²) in [5.41, 5.74) is 15.5. The van der Waals surface area contributed by atoms with Crippen molar-refractivity contribution in [2.45, 2.75) is 222 Å². The highest BCUT2D eigenvalue weighted by molar-refractivity contribution is 5.95. The summed E-state index contributed by atoms with van der Waals surface area (Å²) in [5, 5.41) is 15.8. The molecular formula is C101H130N22O13. The van der Waals surface area contributed by atoms with Gasteiger partial charge in [0.25, 0.3) is 11.8 Å². The number of benzene rings is 4. The minimum atomic E-state index is -0.299. The Kier molecular flexibility index (Phi) is 32.3. The molecule has 2 bridgehead atoms. The highest BCUT2D eigenvalue weighted by atomic mass is 16.6. The van der Waals surface area contributed by atoms with Crippen molar-refractivity contribution < 1.29 is 61.8 Å². The normalized spacial score (nSPS) is 24.0. The second kappa shape index (κ2) is 46.4. The number of alkyl carbamates (subject to hydrolysis) is 1. The van der Waals surface area contributed by atoms with Gasteiger partial charge < -0.3 is 93.7 Å². The lowest BCUT2D eigenvalue weighted by molar-refractivity contribution is -0.125. The van der Waals surface area contributed by atoms with Crippen molar-refractivity contribution in [1.29, 1.82) is 0 Å². The lowest BCUT2D eigenvalue weighted by atomic mass is 9.82. The molecule has 11 fully saturated rings. The van der Waals surface area contributed by atoms with Crippen LogP contribution in [-0.4, -0.2) is 281 Å².